The number of anilines is 2. The fourth-order valence-electron chi connectivity index (χ4n) is 2.40. The minimum Gasteiger partial charge on any atom is -0.462 e. The Hall–Kier alpha value is -2.05. The number of nitrogens with one attached hydrogen (secondary N) is 1. The number of carbonyl (C=O) groups excluding carboxylic acids is 2. The van der Waals surface area contributed by atoms with E-state index in [9.17, 15) is 9.59 Å². The molecule has 3 N–H and O–H groups in total. The van der Waals surface area contributed by atoms with E-state index in [1.54, 1.807) is 19.1 Å². The summed E-state index contributed by atoms with van der Waals surface area (Å²) in [6, 6.07) is 4.67. The number of hydrogen-bond acceptors (Lipinski definition) is 5. The van der Waals surface area contributed by atoms with Gasteiger partial charge in [-0.3, -0.25) is 4.79 Å². The van der Waals surface area contributed by atoms with Gasteiger partial charge in [-0.25, -0.2) is 4.79 Å². The van der Waals surface area contributed by atoms with Gasteiger partial charge in [0.15, 0.2) is 0 Å². The van der Waals surface area contributed by atoms with Gasteiger partial charge in [0.1, 0.15) is 5.00 Å². The van der Waals surface area contributed by atoms with Crippen molar-refractivity contribution in [3.63, 3.8) is 0 Å². The predicted molar refractivity (Wildman–Crippen MR) is 98.2 cm³/mol. The quantitative estimate of drug-likeness (QED) is 0.611. The van der Waals surface area contributed by atoms with Gasteiger partial charge >= 0.3 is 5.97 Å². The summed E-state index contributed by atoms with van der Waals surface area (Å²) in [5.41, 5.74) is 7.72. The third-order valence-corrected chi connectivity index (χ3v) is 4.88. The highest BCUT2D eigenvalue weighted by Gasteiger charge is 2.24. The topological polar surface area (TPSA) is 81.4 Å². The van der Waals surface area contributed by atoms with E-state index in [1.807, 2.05) is 13.8 Å². The summed E-state index contributed by atoms with van der Waals surface area (Å²) in [6.45, 7) is 5.89. The molecule has 0 spiro atoms. The second-order valence-corrected chi connectivity index (χ2v) is 6.74. The number of nitrogens with two attached hydrogens (primary N) is 1. The maximum absolute atomic E-state index is 12.5. The van der Waals surface area contributed by atoms with Crippen molar-refractivity contribution in [2.75, 3.05) is 17.7 Å². The molecular weight excluding hydrogens is 348 g/mol. The molecule has 1 heterocycles. The van der Waals surface area contributed by atoms with E-state index >= 15 is 0 Å². The summed E-state index contributed by atoms with van der Waals surface area (Å²) in [7, 11) is 0. The number of thiophene rings is 1. The molecule has 2 rings (SSSR count). The van der Waals surface area contributed by atoms with E-state index < -0.39 is 11.9 Å². The molecule has 0 saturated heterocycles. The van der Waals surface area contributed by atoms with E-state index in [0.717, 1.165) is 10.4 Å². The summed E-state index contributed by atoms with van der Waals surface area (Å²) in [5.74, 6) is -0.827. The van der Waals surface area contributed by atoms with Crippen molar-refractivity contribution in [2.24, 2.45) is 0 Å². The van der Waals surface area contributed by atoms with Gasteiger partial charge in [-0.15, -0.1) is 11.3 Å². The van der Waals surface area contributed by atoms with E-state index in [4.69, 9.17) is 22.1 Å². The standard InChI is InChI=1S/C17H19ClN2O3S/c1-4-11-9(3)24-16(14(11)17(22)23-5-2)20-15(21)12-7-6-10(19)8-13(12)18/h6-8H,4-5,19H2,1-3H3,(H,20,21). The minimum atomic E-state index is -0.433. The molecule has 5 nitrogen and oxygen atoms in total. The first-order valence-electron chi connectivity index (χ1n) is 7.54. The molecular formula is C17H19ClN2O3S. The van der Waals surface area contributed by atoms with Gasteiger partial charge in [0, 0.05) is 10.6 Å². The number of ether oxygens (including phenoxy) is 1. The molecule has 0 fully saturated rings. The van der Waals surface area contributed by atoms with Crippen molar-refractivity contribution in [1.82, 2.24) is 0 Å². The Morgan fingerprint density at radius 2 is 2.04 bits per heavy atom. The van der Waals surface area contributed by atoms with Crippen LogP contribution in [0, 0.1) is 6.92 Å². The van der Waals surface area contributed by atoms with Gasteiger partial charge in [-0.05, 0) is 44.0 Å². The Kier molecular flexibility index (Phi) is 5.85. The minimum absolute atomic E-state index is 0.258. The molecule has 0 bridgehead atoms. The molecule has 1 amide bonds. The van der Waals surface area contributed by atoms with Crippen LogP contribution in [0.2, 0.25) is 5.02 Å². The van der Waals surface area contributed by atoms with Crippen LogP contribution in [0.5, 0.6) is 0 Å². The zero-order chi connectivity index (χ0) is 17.9. The van der Waals surface area contributed by atoms with Crippen LogP contribution in [0.1, 0.15) is 45.0 Å². The maximum Gasteiger partial charge on any atom is 0.341 e. The SMILES string of the molecule is CCOC(=O)c1c(NC(=O)c2ccc(N)cc2Cl)sc(C)c1CC. The summed E-state index contributed by atoms with van der Waals surface area (Å²) < 4.78 is 5.13. The molecule has 0 radical (unpaired) electrons. The lowest BCUT2D eigenvalue weighted by Gasteiger charge is -2.09. The van der Waals surface area contributed by atoms with Gasteiger partial charge in [-0.1, -0.05) is 18.5 Å². The van der Waals surface area contributed by atoms with Crippen LogP contribution in [0.25, 0.3) is 0 Å². The molecule has 1 aromatic heterocycles. The van der Waals surface area contributed by atoms with Crippen LogP contribution in [0.4, 0.5) is 10.7 Å². The van der Waals surface area contributed by atoms with Gasteiger partial charge in [0.2, 0.25) is 0 Å². The molecule has 24 heavy (non-hydrogen) atoms. The van der Waals surface area contributed by atoms with E-state index in [-0.39, 0.29) is 11.6 Å². The number of nitrogen functional groups attached to an aromatic ring is 1. The van der Waals surface area contributed by atoms with Crippen LogP contribution < -0.4 is 11.1 Å². The first kappa shape index (κ1) is 18.3. The van der Waals surface area contributed by atoms with Gasteiger partial charge in [0.25, 0.3) is 5.91 Å². The summed E-state index contributed by atoms with van der Waals surface area (Å²) in [4.78, 5) is 25.8. The number of esters is 1. The molecule has 1 aromatic carbocycles. The van der Waals surface area contributed by atoms with Crippen LogP contribution >= 0.6 is 22.9 Å². The Balaban J connectivity index is 2.38. The lowest BCUT2D eigenvalue weighted by Crippen LogP contribution is -2.15. The zero-order valence-electron chi connectivity index (χ0n) is 13.7. The monoisotopic (exact) mass is 366 g/mol. The summed E-state index contributed by atoms with van der Waals surface area (Å²) in [6.07, 6.45) is 0.676. The fourth-order valence-corrected chi connectivity index (χ4v) is 3.80. The lowest BCUT2D eigenvalue weighted by molar-refractivity contribution is 0.0527. The van der Waals surface area contributed by atoms with Crippen molar-refractivity contribution in [2.45, 2.75) is 27.2 Å². The molecule has 0 aliphatic carbocycles. The lowest BCUT2D eigenvalue weighted by atomic mass is 10.1. The largest absolute Gasteiger partial charge is 0.462 e. The summed E-state index contributed by atoms with van der Waals surface area (Å²) >= 11 is 7.43. The highest BCUT2D eigenvalue weighted by molar-refractivity contribution is 7.16. The van der Waals surface area contributed by atoms with Crippen molar-refractivity contribution in [3.8, 4) is 0 Å². The van der Waals surface area contributed by atoms with Crippen molar-refractivity contribution in [1.29, 1.82) is 0 Å². The number of amides is 1. The van der Waals surface area contributed by atoms with E-state index in [1.165, 1.54) is 17.4 Å². The predicted octanol–water partition coefficient (Wildman–Crippen LogP) is 4.28. The summed E-state index contributed by atoms with van der Waals surface area (Å²) in [5, 5.41) is 3.51. The van der Waals surface area contributed by atoms with Crippen molar-refractivity contribution < 1.29 is 14.3 Å². The van der Waals surface area contributed by atoms with Gasteiger partial charge < -0.3 is 15.8 Å². The first-order valence-corrected chi connectivity index (χ1v) is 8.74. The molecule has 0 saturated carbocycles. The molecule has 0 unspecified atom stereocenters. The second kappa shape index (κ2) is 7.68. The Morgan fingerprint density at radius 3 is 2.62 bits per heavy atom. The van der Waals surface area contributed by atoms with Crippen molar-refractivity contribution in [3.05, 3.63) is 44.8 Å². The van der Waals surface area contributed by atoms with Crippen molar-refractivity contribution >= 4 is 45.5 Å². The van der Waals surface area contributed by atoms with Crippen LogP contribution in [-0.2, 0) is 11.2 Å². The molecule has 128 valence electrons. The second-order valence-electron chi connectivity index (χ2n) is 5.11. The number of halogens is 1. The maximum atomic E-state index is 12.5. The van der Waals surface area contributed by atoms with E-state index in [0.29, 0.717) is 28.2 Å². The van der Waals surface area contributed by atoms with E-state index in [2.05, 4.69) is 5.32 Å². The third-order valence-electron chi connectivity index (χ3n) is 3.51. The third kappa shape index (κ3) is 3.71. The Labute approximate surface area is 149 Å². The zero-order valence-corrected chi connectivity index (χ0v) is 15.3. The highest BCUT2D eigenvalue weighted by Crippen LogP contribution is 2.34. The smallest absolute Gasteiger partial charge is 0.341 e. The molecule has 0 atom stereocenters. The van der Waals surface area contributed by atoms with Crippen LogP contribution in [0.3, 0.4) is 0 Å². The first-order chi connectivity index (χ1) is 11.4. The highest BCUT2D eigenvalue weighted by atomic mass is 35.5. The van der Waals surface area contributed by atoms with Gasteiger partial charge in [-0.2, -0.15) is 0 Å². The number of rotatable bonds is 5. The normalized spacial score (nSPS) is 10.5. The Bertz CT molecular complexity index is 786. The van der Waals surface area contributed by atoms with Crippen LogP contribution in [0.15, 0.2) is 18.2 Å². The number of carbonyl (C=O) groups is 2. The molecule has 0 aliphatic rings. The van der Waals surface area contributed by atoms with Gasteiger partial charge in [0.05, 0.1) is 22.8 Å². The van der Waals surface area contributed by atoms with Crippen LogP contribution in [-0.4, -0.2) is 18.5 Å². The molecule has 0 aliphatic heterocycles. The average Bonchev–Trinajstić information content (AvgIpc) is 2.82. The number of hydrogen-bond donors (Lipinski definition) is 2. The fraction of sp³-hybridized carbons (Fsp3) is 0.294. The number of aryl methyl sites for hydroxylation is 1. The average molecular weight is 367 g/mol. The Morgan fingerprint density at radius 1 is 1.33 bits per heavy atom. The number of benzene rings is 1. The molecule has 2 aromatic rings. The molecule has 7 heteroatoms.